The molecule has 0 aromatic rings. The topological polar surface area (TPSA) is 58.8 Å². The van der Waals surface area contributed by atoms with Gasteiger partial charge in [0.05, 0.1) is 0 Å². The molecule has 0 saturated carbocycles. The molecule has 0 bridgehead atoms. The molecule has 1 aliphatic heterocycles. The van der Waals surface area contributed by atoms with Crippen LogP contribution in [0.5, 0.6) is 0 Å². The first-order valence-corrected chi connectivity index (χ1v) is 6.74. The van der Waals surface area contributed by atoms with E-state index in [0.29, 0.717) is 0 Å². The molecule has 5 nitrogen and oxygen atoms in total. The summed E-state index contributed by atoms with van der Waals surface area (Å²) in [5.41, 5.74) is 5.33. The summed E-state index contributed by atoms with van der Waals surface area (Å²) in [5.74, 6) is 0. The summed E-state index contributed by atoms with van der Waals surface area (Å²) in [6.07, 6.45) is 0.807. The first-order valence-electron chi connectivity index (χ1n) is 6.74. The third-order valence-corrected chi connectivity index (χ3v) is 2.92. The van der Waals surface area contributed by atoms with Crippen molar-refractivity contribution in [2.45, 2.75) is 45.8 Å². The van der Waals surface area contributed by atoms with Crippen molar-refractivity contribution in [3.8, 4) is 0 Å². The van der Waals surface area contributed by atoms with E-state index in [1.165, 1.54) is 0 Å². The molecular weight excluding hydrogens is 230 g/mol. The molecular formula is C13H27N3O2. The Balaban J connectivity index is 2.28. The molecule has 1 heterocycles. The lowest BCUT2D eigenvalue weighted by molar-refractivity contribution is 0.0143. The maximum atomic E-state index is 11.9. The Morgan fingerprint density at radius 2 is 1.83 bits per heavy atom. The van der Waals surface area contributed by atoms with Crippen LogP contribution in [0.2, 0.25) is 0 Å². The lowest BCUT2D eigenvalue weighted by Crippen LogP contribution is -2.50. The van der Waals surface area contributed by atoms with Crippen molar-refractivity contribution in [2.75, 3.05) is 32.7 Å². The number of nitrogens with two attached hydrogens (primary N) is 1. The number of ether oxygens (including phenoxy) is 1. The molecule has 18 heavy (non-hydrogen) atoms. The van der Waals surface area contributed by atoms with Crippen molar-refractivity contribution < 1.29 is 9.53 Å². The highest BCUT2D eigenvalue weighted by molar-refractivity contribution is 5.68. The molecule has 1 rings (SSSR count). The van der Waals surface area contributed by atoms with E-state index in [1.54, 1.807) is 4.90 Å². The molecule has 0 aromatic carbocycles. The van der Waals surface area contributed by atoms with Crippen LogP contribution in [0.25, 0.3) is 0 Å². The van der Waals surface area contributed by atoms with Crippen LogP contribution in [0.1, 0.15) is 34.1 Å². The largest absolute Gasteiger partial charge is 0.444 e. The van der Waals surface area contributed by atoms with Crippen LogP contribution in [0.4, 0.5) is 4.79 Å². The zero-order valence-electron chi connectivity index (χ0n) is 12.1. The van der Waals surface area contributed by atoms with Crippen LogP contribution < -0.4 is 5.73 Å². The second-order valence-corrected chi connectivity index (χ2v) is 6.07. The van der Waals surface area contributed by atoms with Crippen molar-refractivity contribution >= 4 is 6.09 Å². The van der Waals surface area contributed by atoms with Crippen LogP contribution in [-0.2, 0) is 4.74 Å². The van der Waals surface area contributed by atoms with Gasteiger partial charge in [-0.05, 0) is 40.7 Å². The summed E-state index contributed by atoms with van der Waals surface area (Å²) in [7, 11) is 0. The van der Waals surface area contributed by atoms with Crippen molar-refractivity contribution in [2.24, 2.45) is 5.73 Å². The molecule has 1 aliphatic rings. The molecule has 1 saturated heterocycles. The maximum absolute atomic E-state index is 11.9. The molecule has 0 aliphatic carbocycles. The number of hydrogen-bond donors (Lipinski definition) is 1. The van der Waals surface area contributed by atoms with E-state index in [9.17, 15) is 4.79 Å². The Bertz CT molecular complexity index is 266. The molecule has 106 valence electrons. The van der Waals surface area contributed by atoms with Gasteiger partial charge in [0.25, 0.3) is 0 Å². The number of amides is 1. The Kier molecular flexibility index (Phi) is 5.41. The van der Waals surface area contributed by atoms with Crippen LogP contribution in [0.3, 0.4) is 0 Å². The van der Waals surface area contributed by atoms with Gasteiger partial charge in [0.1, 0.15) is 5.60 Å². The molecule has 2 N–H and O–H groups in total. The van der Waals surface area contributed by atoms with Gasteiger partial charge in [0, 0.05) is 32.2 Å². The van der Waals surface area contributed by atoms with Gasteiger partial charge in [-0.15, -0.1) is 0 Å². The van der Waals surface area contributed by atoms with Crippen LogP contribution in [-0.4, -0.2) is 60.3 Å². The Hall–Kier alpha value is -0.810. The van der Waals surface area contributed by atoms with Gasteiger partial charge in [-0.2, -0.15) is 0 Å². The third-order valence-electron chi connectivity index (χ3n) is 2.92. The van der Waals surface area contributed by atoms with E-state index in [1.807, 2.05) is 27.7 Å². The highest BCUT2D eigenvalue weighted by Gasteiger charge is 2.25. The van der Waals surface area contributed by atoms with E-state index in [4.69, 9.17) is 10.5 Å². The van der Waals surface area contributed by atoms with E-state index >= 15 is 0 Å². The third kappa shape index (κ3) is 5.69. The second kappa shape index (κ2) is 6.38. The second-order valence-electron chi connectivity index (χ2n) is 6.07. The Morgan fingerprint density at radius 1 is 1.28 bits per heavy atom. The van der Waals surface area contributed by atoms with Gasteiger partial charge in [-0.1, -0.05) is 0 Å². The van der Waals surface area contributed by atoms with Gasteiger partial charge in [-0.25, -0.2) is 4.79 Å². The van der Waals surface area contributed by atoms with E-state index in [0.717, 1.165) is 39.1 Å². The average molecular weight is 257 g/mol. The number of carbonyl (C=O) groups is 1. The van der Waals surface area contributed by atoms with Crippen molar-refractivity contribution in [1.82, 2.24) is 9.80 Å². The smallest absolute Gasteiger partial charge is 0.410 e. The molecule has 5 heteroatoms. The summed E-state index contributed by atoms with van der Waals surface area (Å²) >= 11 is 0. The van der Waals surface area contributed by atoms with Gasteiger partial charge in [-0.3, -0.25) is 4.90 Å². The predicted molar refractivity (Wildman–Crippen MR) is 72.5 cm³/mol. The normalized spacial score (nSPS) is 19.7. The molecule has 1 fully saturated rings. The Morgan fingerprint density at radius 3 is 2.28 bits per heavy atom. The fourth-order valence-corrected chi connectivity index (χ4v) is 1.87. The van der Waals surface area contributed by atoms with Crippen LogP contribution in [0.15, 0.2) is 0 Å². The summed E-state index contributed by atoms with van der Waals surface area (Å²) in [6.45, 7) is 12.0. The highest BCUT2D eigenvalue weighted by atomic mass is 16.6. The molecule has 1 atom stereocenters. The van der Waals surface area contributed by atoms with Crippen LogP contribution in [0, 0.1) is 0 Å². The standard InChI is InChI=1S/C13H27N3O2/c1-11(14)5-6-15-7-9-16(10-8-15)12(17)18-13(2,3)4/h11H,5-10,14H2,1-4H3/t11-/m1/s1. The van der Waals surface area contributed by atoms with Gasteiger partial charge < -0.3 is 15.4 Å². The lowest BCUT2D eigenvalue weighted by atomic mass is 10.2. The first kappa shape index (κ1) is 15.2. The van der Waals surface area contributed by atoms with Gasteiger partial charge in [0.15, 0.2) is 0 Å². The fraction of sp³-hybridized carbons (Fsp3) is 0.923. The number of rotatable bonds is 3. The van der Waals surface area contributed by atoms with Gasteiger partial charge >= 0.3 is 6.09 Å². The maximum Gasteiger partial charge on any atom is 0.410 e. The predicted octanol–water partition coefficient (Wildman–Crippen LogP) is 1.28. The van der Waals surface area contributed by atoms with E-state index in [2.05, 4.69) is 4.90 Å². The van der Waals surface area contributed by atoms with Gasteiger partial charge in [0.2, 0.25) is 0 Å². The number of hydrogen-bond acceptors (Lipinski definition) is 4. The van der Waals surface area contributed by atoms with E-state index in [-0.39, 0.29) is 12.1 Å². The number of piperazine rings is 1. The minimum Gasteiger partial charge on any atom is -0.444 e. The van der Waals surface area contributed by atoms with E-state index < -0.39 is 5.60 Å². The molecule has 0 aromatic heterocycles. The summed E-state index contributed by atoms with van der Waals surface area (Å²) < 4.78 is 5.36. The molecule has 1 amide bonds. The zero-order chi connectivity index (χ0) is 13.8. The molecule has 0 radical (unpaired) electrons. The van der Waals surface area contributed by atoms with Crippen molar-refractivity contribution in [3.05, 3.63) is 0 Å². The van der Waals surface area contributed by atoms with Crippen molar-refractivity contribution in [1.29, 1.82) is 0 Å². The Labute approximate surface area is 110 Å². The highest BCUT2D eigenvalue weighted by Crippen LogP contribution is 2.12. The summed E-state index contributed by atoms with van der Waals surface area (Å²) in [4.78, 5) is 16.0. The minimum atomic E-state index is -0.413. The summed E-state index contributed by atoms with van der Waals surface area (Å²) in [5, 5.41) is 0. The molecule has 0 spiro atoms. The average Bonchev–Trinajstić information content (AvgIpc) is 2.24. The SMILES string of the molecule is C[C@@H](N)CCN1CCN(C(=O)OC(C)(C)C)CC1. The summed E-state index contributed by atoms with van der Waals surface area (Å²) in [6, 6.07) is 0.244. The first-order chi connectivity index (χ1) is 8.28. The molecule has 0 unspecified atom stereocenters. The van der Waals surface area contributed by atoms with Crippen molar-refractivity contribution in [3.63, 3.8) is 0 Å². The fourth-order valence-electron chi connectivity index (χ4n) is 1.87. The minimum absolute atomic E-state index is 0.200. The number of nitrogens with zero attached hydrogens (tertiary/aromatic N) is 2. The lowest BCUT2D eigenvalue weighted by Gasteiger charge is -2.35. The quantitative estimate of drug-likeness (QED) is 0.827. The zero-order valence-corrected chi connectivity index (χ0v) is 12.1. The van der Waals surface area contributed by atoms with Crippen LogP contribution >= 0.6 is 0 Å². The number of carbonyl (C=O) groups excluding carboxylic acids is 1. The monoisotopic (exact) mass is 257 g/mol.